The number of rotatable bonds is 14. The van der Waals surface area contributed by atoms with Crippen LogP contribution in [0.5, 0.6) is 23.0 Å². The fourth-order valence-electron chi connectivity index (χ4n) is 5.59. The number of aromatic nitrogens is 1. The molecule has 0 saturated carbocycles. The Morgan fingerprint density at radius 3 is 1.54 bits per heavy atom. The first-order valence-electron chi connectivity index (χ1n) is 16.1. The number of hydrogen-bond acceptors (Lipinski definition) is 12. The summed E-state index contributed by atoms with van der Waals surface area (Å²) < 4.78 is 32.6. The summed E-state index contributed by atoms with van der Waals surface area (Å²) in [6, 6.07) is 0. The van der Waals surface area contributed by atoms with Crippen molar-refractivity contribution in [1.29, 1.82) is 0 Å². The molecule has 248 valence electrons. The second kappa shape index (κ2) is 16.0. The van der Waals surface area contributed by atoms with Gasteiger partial charge in [-0.2, -0.15) is 0 Å². The van der Waals surface area contributed by atoms with Crippen LogP contribution in [0.4, 0.5) is 0 Å². The topological polar surface area (TPSA) is 41.9 Å². The van der Waals surface area contributed by atoms with Gasteiger partial charge >= 0.3 is 0 Å². The van der Waals surface area contributed by atoms with E-state index in [0.717, 1.165) is 32.8 Å². The second-order valence-electron chi connectivity index (χ2n) is 11.2. The highest BCUT2D eigenvalue weighted by molar-refractivity contribution is 8.42. The van der Waals surface area contributed by atoms with Crippen LogP contribution in [0.2, 0.25) is 0 Å². The summed E-state index contributed by atoms with van der Waals surface area (Å²) >= 11 is 15.5. The van der Waals surface area contributed by atoms with E-state index < -0.39 is 0 Å². The number of ether oxygens (including phenoxy) is 4. The molecule has 0 spiro atoms. The van der Waals surface area contributed by atoms with E-state index in [1.165, 1.54) is 101 Å². The molecule has 3 aromatic rings. The van der Waals surface area contributed by atoms with Crippen LogP contribution in [0.3, 0.4) is 0 Å². The van der Waals surface area contributed by atoms with Crippen molar-refractivity contribution in [1.82, 2.24) is 4.57 Å². The second-order valence-corrected chi connectivity index (χ2v) is 20.3. The summed E-state index contributed by atoms with van der Waals surface area (Å²) in [7, 11) is 2.18. The fourth-order valence-corrected chi connectivity index (χ4v) is 16.9. The normalized spacial score (nSPS) is 17.0. The molecule has 5 nitrogen and oxygen atoms in total. The van der Waals surface area contributed by atoms with Crippen LogP contribution >= 0.6 is 93.2 Å². The van der Waals surface area contributed by atoms with Crippen molar-refractivity contribution in [3.63, 3.8) is 0 Å². The van der Waals surface area contributed by atoms with E-state index >= 15 is 0 Å². The van der Waals surface area contributed by atoms with E-state index in [0.29, 0.717) is 26.4 Å². The van der Waals surface area contributed by atoms with Crippen LogP contribution in [0.1, 0.15) is 65.2 Å². The Hall–Kier alpha value is -0.540. The standard InChI is InChI=1S/C33H39NO4S8/c1-4-6-8-10-16-39-30-31(40-17-11-9-7-5-2)46-33(45-30)32-43-28-22(26-24-20(18-41-26)35-12-14-37-24)34(3)23(29(28)44-32)27-25-21(19-42-27)36-13-15-38-25/h18-19H,4-17H2,1-3H3. The Balaban J connectivity index is 1.21. The van der Waals surface area contributed by atoms with Gasteiger partial charge in [-0.05, 0) is 24.3 Å². The van der Waals surface area contributed by atoms with Crippen molar-refractivity contribution < 1.29 is 18.9 Å². The molecule has 7 rings (SSSR count). The predicted octanol–water partition coefficient (Wildman–Crippen LogP) is 12.6. The Labute approximate surface area is 306 Å². The Bertz CT molecular complexity index is 1510. The van der Waals surface area contributed by atoms with Crippen molar-refractivity contribution in [2.45, 2.75) is 75.0 Å². The first-order valence-corrected chi connectivity index (χ1v) is 23.1. The summed E-state index contributed by atoms with van der Waals surface area (Å²) in [4.78, 5) is 4.88. The lowest BCUT2D eigenvalue weighted by Gasteiger charge is -2.18. The number of thiophene rings is 2. The first-order chi connectivity index (χ1) is 22.7. The molecule has 0 aromatic carbocycles. The Kier molecular flexibility index (Phi) is 11.8. The van der Waals surface area contributed by atoms with Gasteiger partial charge in [0.1, 0.15) is 26.4 Å². The van der Waals surface area contributed by atoms with E-state index in [2.05, 4.69) is 59.7 Å². The van der Waals surface area contributed by atoms with Crippen LogP contribution in [-0.4, -0.2) is 42.5 Å². The molecule has 0 unspecified atom stereocenters. The number of unbranched alkanes of at least 4 members (excludes halogenated alkanes) is 6. The van der Waals surface area contributed by atoms with Crippen molar-refractivity contribution in [3.05, 3.63) is 27.7 Å². The molecule has 0 bridgehead atoms. The maximum absolute atomic E-state index is 6.21. The molecule has 0 radical (unpaired) electrons. The third-order valence-electron chi connectivity index (χ3n) is 7.90. The van der Waals surface area contributed by atoms with Crippen LogP contribution in [0.15, 0.2) is 37.5 Å². The van der Waals surface area contributed by atoms with E-state index in [9.17, 15) is 0 Å². The lowest BCUT2D eigenvalue weighted by molar-refractivity contribution is 0.174. The molecular formula is C33H39NO4S8. The zero-order valence-corrected chi connectivity index (χ0v) is 32.9. The zero-order valence-electron chi connectivity index (χ0n) is 26.4. The minimum atomic E-state index is 0.577. The minimum Gasteiger partial charge on any atom is -0.485 e. The summed E-state index contributed by atoms with van der Waals surface area (Å²) in [6.45, 7) is 6.93. The molecule has 4 aliphatic heterocycles. The van der Waals surface area contributed by atoms with Gasteiger partial charge in [-0.1, -0.05) is 99.4 Å². The molecule has 3 aromatic heterocycles. The number of thioether (sulfide) groups is 6. The predicted molar refractivity (Wildman–Crippen MR) is 208 cm³/mol. The molecular weight excluding hydrogens is 731 g/mol. The summed E-state index contributed by atoms with van der Waals surface area (Å²) in [5.74, 6) is 5.88. The van der Waals surface area contributed by atoms with Crippen molar-refractivity contribution in [2.75, 3.05) is 37.9 Å². The molecule has 0 aliphatic carbocycles. The SMILES string of the molecule is CCCCCCSC1=C(SCCCCCC)SC(=C2Sc3c(c(-c4scc5c4OCCO5)n(C)c3-c3scc4c3OCCO4)S2)S1. The van der Waals surface area contributed by atoms with Crippen LogP contribution in [0.25, 0.3) is 21.1 Å². The smallest absolute Gasteiger partial charge is 0.181 e. The fraction of sp³-hybridized carbons (Fsp3) is 0.515. The molecule has 0 amide bonds. The molecule has 0 atom stereocenters. The Morgan fingerprint density at radius 2 is 1.07 bits per heavy atom. The van der Waals surface area contributed by atoms with Crippen LogP contribution < -0.4 is 18.9 Å². The molecule has 0 saturated heterocycles. The van der Waals surface area contributed by atoms with Gasteiger partial charge in [-0.3, -0.25) is 0 Å². The number of nitrogens with zero attached hydrogens (tertiary/aromatic N) is 1. The van der Waals surface area contributed by atoms with Crippen molar-refractivity contribution in [2.24, 2.45) is 7.05 Å². The first kappa shape index (κ1) is 33.9. The van der Waals surface area contributed by atoms with Gasteiger partial charge < -0.3 is 23.5 Å². The quantitative estimate of drug-likeness (QED) is 0.148. The van der Waals surface area contributed by atoms with Crippen LogP contribution in [0, 0.1) is 0 Å². The highest BCUT2D eigenvalue weighted by atomic mass is 32.3. The van der Waals surface area contributed by atoms with E-state index in [4.69, 9.17) is 18.9 Å². The average molecular weight is 770 g/mol. The lowest BCUT2D eigenvalue weighted by Crippen LogP contribution is -2.14. The summed E-state index contributed by atoms with van der Waals surface area (Å²) in [6.07, 6.45) is 10.5. The third kappa shape index (κ3) is 7.04. The monoisotopic (exact) mass is 769 g/mol. The van der Waals surface area contributed by atoms with Gasteiger partial charge in [0.2, 0.25) is 0 Å². The van der Waals surface area contributed by atoms with Gasteiger partial charge in [-0.15, -0.1) is 46.2 Å². The third-order valence-corrected chi connectivity index (χ3v) is 18.6. The van der Waals surface area contributed by atoms with E-state index in [1.807, 2.05) is 47.0 Å². The summed E-state index contributed by atoms with van der Waals surface area (Å²) in [5.41, 5.74) is 2.40. The molecule has 4 aliphatic rings. The molecule has 13 heteroatoms. The zero-order chi connectivity index (χ0) is 31.5. The van der Waals surface area contributed by atoms with Crippen LogP contribution in [-0.2, 0) is 7.05 Å². The molecule has 0 fully saturated rings. The van der Waals surface area contributed by atoms with Crippen molar-refractivity contribution >= 4 is 93.2 Å². The van der Waals surface area contributed by atoms with Crippen molar-refractivity contribution in [3.8, 4) is 44.1 Å². The maximum atomic E-state index is 6.21. The van der Waals surface area contributed by atoms with Gasteiger partial charge in [-0.25, -0.2) is 0 Å². The molecule has 46 heavy (non-hydrogen) atoms. The lowest BCUT2D eigenvalue weighted by atomic mass is 10.2. The average Bonchev–Trinajstić information content (AvgIpc) is 3.90. The number of fused-ring (bicyclic) bond motifs is 3. The summed E-state index contributed by atoms with van der Waals surface area (Å²) in [5, 5.41) is 4.19. The molecule has 7 heterocycles. The highest BCUT2D eigenvalue weighted by Crippen LogP contribution is 2.68. The number of hydrogen-bond donors (Lipinski definition) is 0. The largest absolute Gasteiger partial charge is 0.485 e. The van der Waals surface area contributed by atoms with E-state index in [1.54, 1.807) is 22.7 Å². The van der Waals surface area contributed by atoms with E-state index in [-0.39, 0.29) is 0 Å². The minimum absolute atomic E-state index is 0.577. The maximum Gasteiger partial charge on any atom is 0.181 e. The van der Waals surface area contributed by atoms with Gasteiger partial charge in [0.25, 0.3) is 0 Å². The highest BCUT2D eigenvalue weighted by Gasteiger charge is 2.38. The Morgan fingerprint density at radius 1 is 0.609 bits per heavy atom. The molecule has 0 N–H and O–H groups in total. The van der Waals surface area contributed by atoms with Gasteiger partial charge in [0.05, 0.1) is 47.9 Å². The van der Waals surface area contributed by atoms with Gasteiger partial charge in [0, 0.05) is 17.8 Å². The van der Waals surface area contributed by atoms with Gasteiger partial charge in [0.15, 0.2) is 23.0 Å².